The van der Waals surface area contributed by atoms with Gasteiger partial charge in [0.25, 0.3) is 5.91 Å². The summed E-state index contributed by atoms with van der Waals surface area (Å²) in [4.78, 5) is 29.0. The molecule has 2 N–H and O–H groups in total. The van der Waals surface area contributed by atoms with Crippen molar-refractivity contribution in [3.05, 3.63) is 101 Å². The highest BCUT2D eigenvalue weighted by Gasteiger charge is 2.48. The highest BCUT2D eigenvalue weighted by Crippen LogP contribution is 2.52. The zero-order valence-corrected chi connectivity index (χ0v) is 21.1. The fourth-order valence-electron chi connectivity index (χ4n) is 6.65. The highest BCUT2D eigenvalue weighted by atomic mass is 19.1. The minimum atomic E-state index is -0.338. The molecule has 1 saturated carbocycles. The van der Waals surface area contributed by atoms with E-state index in [0.717, 1.165) is 42.5 Å². The number of hydrogen-bond donors (Lipinski definition) is 2. The van der Waals surface area contributed by atoms with Gasteiger partial charge >= 0.3 is 0 Å². The molecule has 6 rings (SSSR count). The van der Waals surface area contributed by atoms with E-state index in [0.29, 0.717) is 18.5 Å². The van der Waals surface area contributed by atoms with Crippen LogP contribution in [0.15, 0.2) is 72.8 Å². The minimum absolute atomic E-state index is 0.0136. The molecule has 2 aliphatic heterocycles. The second kappa shape index (κ2) is 10.2. The Kier molecular flexibility index (Phi) is 6.60. The number of likely N-dealkylation sites (tertiary alicyclic amines) is 1. The molecular formula is C31H31F2N3O2. The lowest BCUT2D eigenvalue weighted by Crippen LogP contribution is -2.50. The molecule has 196 valence electrons. The smallest absolute Gasteiger partial charge is 0.251 e. The average molecular weight is 516 g/mol. The Balaban J connectivity index is 1.30. The van der Waals surface area contributed by atoms with E-state index in [1.165, 1.54) is 24.3 Å². The number of amides is 2. The molecule has 3 aromatic rings. The second-order valence-electron chi connectivity index (χ2n) is 10.7. The van der Waals surface area contributed by atoms with Gasteiger partial charge in [-0.15, -0.1) is 0 Å². The molecule has 2 amide bonds. The van der Waals surface area contributed by atoms with Crippen LogP contribution < -0.4 is 10.6 Å². The molecule has 0 bridgehead atoms. The quantitative estimate of drug-likeness (QED) is 0.447. The van der Waals surface area contributed by atoms with E-state index < -0.39 is 0 Å². The molecule has 2 fully saturated rings. The molecule has 3 aliphatic rings. The molecule has 5 atom stereocenters. The topological polar surface area (TPSA) is 61.4 Å². The number of nitrogens with one attached hydrogen (secondary N) is 2. The zero-order chi connectivity index (χ0) is 26.2. The molecule has 2 heterocycles. The highest BCUT2D eigenvalue weighted by molar-refractivity contribution is 5.95. The molecule has 0 spiro atoms. The van der Waals surface area contributed by atoms with E-state index in [4.69, 9.17) is 0 Å². The summed E-state index contributed by atoms with van der Waals surface area (Å²) in [5.74, 6) is -1.10. The van der Waals surface area contributed by atoms with Gasteiger partial charge in [0.05, 0.1) is 18.0 Å². The predicted octanol–water partition coefficient (Wildman–Crippen LogP) is 6.01. The minimum Gasteiger partial charge on any atom is -0.378 e. The molecule has 0 radical (unpaired) electrons. The van der Waals surface area contributed by atoms with E-state index >= 15 is 0 Å². The van der Waals surface area contributed by atoms with Crippen molar-refractivity contribution in [3.8, 4) is 0 Å². The Morgan fingerprint density at radius 1 is 0.868 bits per heavy atom. The lowest BCUT2D eigenvalue weighted by Gasteiger charge is -2.42. The fraction of sp³-hybridized carbons (Fsp3) is 0.355. The third-order valence-corrected chi connectivity index (χ3v) is 8.46. The first kappa shape index (κ1) is 24.6. The van der Waals surface area contributed by atoms with Gasteiger partial charge in [-0.1, -0.05) is 43.2 Å². The Morgan fingerprint density at radius 2 is 1.61 bits per heavy atom. The van der Waals surface area contributed by atoms with Crippen molar-refractivity contribution in [1.29, 1.82) is 0 Å². The summed E-state index contributed by atoms with van der Waals surface area (Å²) in [6.07, 6.45) is 4.10. The summed E-state index contributed by atoms with van der Waals surface area (Å²) < 4.78 is 28.1. The summed E-state index contributed by atoms with van der Waals surface area (Å²) in [6, 6.07) is 19.5. The largest absolute Gasteiger partial charge is 0.378 e. The van der Waals surface area contributed by atoms with Crippen molar-refractivity contribution < 1.29 is 18.4 Å². The van der Waals surface area contributed by atoms with Gasteiger partial charge in [-0.05, 0) is 67.3 Å². The van der Waals surface area contributed by atoms with Gasteiger partial charge in [0.2, 0.25) is 5.91 Å². The van der Waals surface area contributed by atoms with Crippen LogP contribution in [0.4, 0.5) is 14.5 Å². The third-order valence-electron chi connectivity index (χ3n) is 8.46. The molecule has 3 aromatic carbocycles. The predicted molar refractivity (Wildman–Crippen MR) is 141 cm³/mol. The van der Waals surface area contributed by atoms with Crippen molar-refractivity contribution in [3.63, 3.8) is 0 Å². The van der Waals surface area contributed by atoms with Crippen molar-refractivity contribution in [2.45, 2.75) is 50.2 Å². The van der Waals surface area contributed by atoms with E-state index in [-0.39, 0.29) is 53.4 Å². The zero-order valence-electron chi connectivity index (χ0n) is 21.1. The summed E-state index contributed by atoms with van der Waals surface area (Å²) in [7, 11) is 0. The Hall–Kier alpha value is -3.74. The maximum Gasteiger partial charge on any atom is 0.251 e. The van der Waals surface area contributed by atoms with E-state index in [9.17, 15) is 18.4 Å². The number of carbonyl (C=O) groups excluding carboxylic acids is 2. The summed E-state index contributed by atoms with van der Waals surface area (Å²) in [5.41, 5.74) is 3.09. The van der Waals surface area contributed by atoms with Crippen molar-refractivity contribution in [1.82, 2.24) is 10.2 Å². The van der Waals surface area contributed by atoms with E-state index in [1.807, 2.05) is 23.1 Å². The monoisotopic (exact) mass is 515 g/mol. The van der Waals surface area contributed by atoms with Crippen LogP contribution in [-0.4, -0.2) is 29.3 Å². The lowest BCUT2D eigenvalue weighted by atomic mass is 9.79. The first-order chi connectivity index (χ1) is 18.5. The fourth-order valence-corrected chi connectivity index (χ4v) is 6.65. The van der Waals surface area contributed by atoms with Crippen molar-refractivity contribution in [2.24, 2.45) is 11.8 Å². The van der Waals surface area contributed by atoms with E-state index in [1.54, 1.807) is 30.3 Å². The Morgan fingerprint density at radius 3 is 2.39 bits per heavy atom. The first-order valence-electron chi connectivity index (χ1n) is 13.5. The maximum atomic E-state index is 14.4. The first-order valence-corrected chi connectivity index (χ1v) is 13.5. The van der Waals surface area contributed by atoms with Crippen LogP contribution in [-0.2, 0) is 4.79 Å². The van der Waals surface area contributed by atoms with Crippen LogP contribution in [0.3, 0.4) is 0 Å². The normalized spacial score (nSPS) is 26.2. The maximum absolute atomic E-state index is 14.4. The van der Waals surface area contributed by atoms with Crippen LogP contribution >= 0.6 is 0 Å². The van der Waals surface area contributed by atoms with Crippen LogP contribution in [0.25, 0.3) is 0 Å². The Bertz CT molecular complexity index is 1330. The van der Waals surface area contributed by atoms with Crippen LogP contribution in [0, 0.1) is 23.5 Å². The summed E-state index contributed by atoms with van der Waals surface area (Å²) in [6.45, 7) is 0.555. The third kappa shape index (κ3) is 4.55. The number of carbonyl (C=O) groups is 2. The van der Waals surface area contributed by atoms with Gasteiger partial charge in [0, 0.05) is 35.3 Å². The number of anilines is 1. The molecule has 1 aliphatic carbocycles. The molecule has 38 heavy (non-hydrogen) atoms. The van der Waals surface area contributed by atoms with Crippen molar-refractivity contribution in [2.75, 3.05) is 11.9 Å². The lowest BCUT2D eigenvalue weighted by molar-refractivity contribution is -0.138. The summed E-state index contributed by atoms with van der Waals surface area (Å²) in [5, 5.41) is 6.67. The molecule has 3 unspecified atom stereocenters. The second-order valence-corrected chi connectivity index (χ2v) is 10.7. The molecule has 1 saturated heterocycles. The van der Waals surface area contributed by atoms with Gasteiger partial charge in [-0.25, -0.2) is 8.78 Å². The van der Waals surface area contributed by atoms with Gasteiger partial charge in [-0.2, -0.15) is 0 Å². The van der Waals surface area contributed by atoms with Gasteiger partial charge in [-0.3, -0.25) is 9.59 Å². The SMILES string of the molecule is O=C(N[C@@H]1CCCC[C@@H]1C(=O)N1CCC2C(c3ccc(F)cc3)Nc3ccc(F)cc3C21)c1ccccc1. The van der Waals surface area contributed by atoms with Gasteiger partial charge in [0.15, 0.2) is 0 Å². The number of halogens is 2. The van der Waals surface area contributed by atoms with Gasteiger partial charge in [0.1, 0.15) is 11.6 Å². The molecule has 0 aromatic heterocycles. The van der Waals surface area contributed by atoms with Crippen LogP contribution in [0.5, 0.6) is 0 Å². The Labute approximate surface area is 221 Å². The standard InChI is InChI=1S/C31H31F2N3O2/c32-21-12-10-19(11-13-21)28-24-16-17-36(29(24)25-18-22(33)14-15-27(25)34-28)31(38)23-8-4-5-9-26(23)35-30(37)20-6-2-1-3-7-20/h1-3,6-7,10-15,18,23-24,26,28-29,34H,4-5,8-9,16-17H2,(H,35,37)/t23-,24?,26+,28?,29?/m0/s1. The van der Waals surface area contributed by atoms with Gasteiger partial charge < -0.3 is 15.5 Å². The molecular weight excluding hydrogens is 484 g/mol. The number of hydrogen-bond acceptors (Lipinski definition) is 3. The average Bonchev–Trinajstić information content (AvgIpc) is 3.39. The van der Waals surface area contributed by atoms with E-state index in [2.05, 4.69) is 10.6 Å². The molecule has 5 nitrogen and oxygen atoms in total. The number of benzene rings is 3. The van der Waals surface area contributed by atoms with Crippen molar-refractivity contribution >= 4 is 17.5 Å². The van der Waals surface area contributed by atoms with Crippen LogP contribution in [0.1, 0.15) is 65.7 Å². The number of rotatable bonds is 4. The number of nitrogens with zero attached hydrogens (tertiary/aromatic N) is 1. The summed E-state index contributed by atoms with van der Waals surface area (Å²) >= 11 is 0. The number of fused-ring (bicyclic) bond motifs is 3. The van der Waals surface area contributed by atoms with Crippen LogP contribution in [0.2, 0.25) is 0 Å². The molecule has 7 heteroatoms.